The van der Waals surface area contributed by atoms with Gasteiger partial charge in [0.15, 0.2) is 0 Å². The fourth-order valence-electron chi connectivity index (χ4n) is 2.56. The highest BCUT2D eigenvalue weighted by molar-refractivity contribution is 5.49. The fourth-order valence-corrected chi connectivity index (χ4v) is 2.56. The Morgan fingerprint density at radius 3 is 2.45 bits per heavy atom. The van der Waals surface area contributed by atoms with E-state index in [1.165, 1.54) is 12.8 Å². The van der Waals surface area contributed by atoms with Crippen molar-refractivity contribution in [3.63, 3.8) is 0 Å². The van der Waals surface area contributed by atoms with Gasteiger partial charge in [0.05, 0.1) is 0 Å². The number of anilines is 2. The van der Waals surface area contributed by atoms with Gasteiger partial charge in [-0.15, -0.1) is 0 Å². The van der Waals surface area contributed by atoms with E-state index in [1.54, 1.807) is 0 Å². The summed E-state index contributed by atoms with van der Waals surface area (Å²) in [5.41, 5.74) is 2.64. The molecule has 0 bridgehead atoms. The molecule has 2 heterocycles. The molecule has 112 valence electrons. The Bertz CT molecular complexity index is 437. The first kappa shape index (κ1) is 15.0. The smallest absolute Gasteiger partial charge is 0.145 e. The molecule has 1 aliphatic heterocycles. The lowest BCUT2D eigenvalue weighted by Gasteiger charge is -2.36. The van der Waals surface area contributed by atoms with Crippen molar-refractivity contribution in [1.82, 2.24) is 14.9 Å². The van der Waals surface area contributed by atoms with Crippen LogP contribution in [-0.4, -0.2) is 48.1 Å². The molecule has 0 spiro atoms. The zero-order valence-electron chi connectivity index (χ0n) is 12.9. The normalized spacial score (nSPS) is 17.1. The van der Waals surface area contributed by atoms with Crippen molar-refractivity contribution in [2.75, 3.05) is 37.5 Å². The van der Waals surface area contributed by atoms with Gasteiger partial charge in [-0.2, -0.15) is 0 Å². The van der Waals surface area contributed by atoms with Crippen molar-refractivity contribution in [1.29, 1.82) is 0 Å². The summed E-state index contributed by atoms with van der Waals surface area (Å²) in [4.78, 5) is 13.7. The second kappa shape index (κ2) is 6.37. The molecule has 0 radical (unpaired) electrons. The average molecular weight is 278 g/mol. The van der Waals surface area contributed by atoms with E-state index in [1.807, 2.05) is 6.07 Å². The summed E-state index contributed by atoms with van der Waals surface area (Å²) in [6, 6.07) is 2.60. The Hall–Kier alpha value is -1.40. The monoisotopic (exact) mass is 278 g/mol. The summed E-state index contributed by atoms with van der Waals surface area (Å²) in [7, 11) is 4.30. The first-order chi connectivity index (χ1) is 9.51. The summed E-state index contributed by atoms with van der Waals surface area (Å²) in [6.07, 6.45) is 2.33. The van der Waals surface area contributed by atoms with Crippen LogP contribution in [0.4, 0.5) is 11.6 Å². The average Bonchev–Trinajstić information content (AvgIpc) is 2.46. The van der Waals surface area contributed by atoms with Gasteiger partial charge in [0.1, 0.15) is 17.5 Å². The maximum atomic E-state index is 5.51. The summed E-state index contributed by atoms with van der Waals surface area (Å²) in [5, 5.41) is 0. The van der Waals surface area contributed by atoms with E-state index >= 15 is 0 Å². The summed E-state index contributed by atoms with van der Waals surface area (Å²) in [6.45, 7) is 6.25. The molecule has 0 aromatic carbocycles. The Labute approximate surface area is 121 Å². The molecule has 1 aliphatic rings. The molecular formula is C14H26N6. The second-order valence-corrected chi connectivity index (χ2v) is 5.95. The number of hydrazine groups is 1. The molecule has 2 rings (SSSR count). The molecule has 0 atom stereocenters. The minimum absolute atomic E-state index is 0.293. The van der Waals surface area contributed by atoms with E-state index in [0.717, 1.165) is 24.7 Å². The maximum Gasteiger partial charge on any atom is 0.145 e. The molecule has 0 unspecified atom stereocenters. The number of nitrogen functional groups attached to an aromatic ring is 1. The van der Waals surface area contributed by atoms with E-state index in [2.05, 4.69) is 53.1 Å². The fraction of sp³-hybridized carbons (Fsp3) is 0.714. The first-order valence-corrected chi connectivity index (χ1v) is 7.28. The van der Waals surface area contributed by atoms with Gasteiger partial charge in [-0.05, 0) is 26.9 Å². The van der Waals surface area contributed by atoms with E-state index in [4.69, 9.17) is 5.84 Å². The zero-order chi connectivity index (χ0) is 14.7. The topological polar surface area (TPSA) is 70.3 Å². The number of nitrogens with zero attached hydrogens (tertiary/aromatic N) is 4. The number of piperidine rings is 1. The Kier molecular flexibility index (Phi) is 4.77. The molecule has 0 amide bonds. The Morgan fingerprint density at radius 2 is 1.95 bits per heavy atom. The van der Waals surface area contributed by atoms with Crippen LogP contribution in [0.15, 0.2) is 6.07 Å². The van der Waals surface area contributed by atoms with Crippen molar-refractivity contribution in [2.45, 2.75) is 38.6 Å². The highest BCUT2D eigenvalue weighted by Gasteiger charge is 2.22. The molecule has 6 nitrogen and oxygen atoms in total. The molecule has 0 aliphatic carbocycles. The quantitative estimate of drug-likeness (QED) is 0.641. The minimum atomic E-state index is 0.293. The van der Waals surface area contributed by atoms with Crippen LogP contribution in [0.25, 0.3) is 0 Å². The predicted molar refractivity (Wildman–Crippen MR) is 82.9 cm³/mol. The summed E-state index contributed by atoms with van der Waals surface area (Å²) in [5.74, 6) is 8.31. The van der Waals surface area contributed by atoms with Gasteiger partial charge in [0.2, 0.25) is 0 Å². The minimum Gasteiger partial charge on any atom is -0.356 e. The third kappa shape index (κ3) is 3.37. The Morgan fingerprint density at radius 1 is 1.30 bits per heavy atom. The molecule has 1 aromatic rings. The third-order valence-corrected chi connectivity index (χ3v) is 3.91. The number of nitrogens with two attached hydrogens (primary N) is 1. The highest BCUT2D eigenvalue weighted by atomic mass is 15.3. The number of hydrogen-bond donors (Lipinski definition) is 2. The highest BCUT2D eigenvalue weighted by Crippen LogP contribution is 2.23. The van der Waals surface area contributed by atoms with Gasteiger partial charge >= 0.3 is 0 Å². The van der Waals surface area contributed by atoms with Gasteiger partial charge in [-0.1, -0.05) is 13.8 Å². The molecule has 3 N–H and O–H groups in total. The molecule has 1 fully saturated rings. The van der Waals surface area contributed by atoms with E-state index in [-0.39, 0.29) is 0 Å². The summed E-state index contributed by atoms with van der Waals surface area (Å²) < 4.78 is 0. The van der Waals surface area contributed by atoms with Crippen LogP contribution in [-0.2, 0) is 0 Å². The van der Waals surface area contributed by atoms with Crippen LogP contribution >= 0.6 is 0 Å². The van der Waals surface area contributed by atoms with Crippen LogP contribution in [0.1, 0.15) is 38.4 Å². The van der Waals surface area contributed by atoms with E-state index < -0.39 is 0 Å². The van der Waals surface area contributed by atoms with Gasteiger partial charge in [-0.3, -0.25) is 0 Å². The van der Waals surface area contributed by atoms with Gasteiger partial charge in [-0.25, -0.2) is 15.8 Å². The number of aromatic nitrogens is 2. The first-order valence-electron chi connectivity index (χ1n) is 7.28. The molecule has 20 heavy (non-hydrogen) atoms. The van der Waals surface area contributed by atoms with Crippen LogP contribution in [0.3, 0.4) is 0 Å². The largest absolute Gasteiger partial charge is 0.356 e. The Balaban J connectivity index is 2.15. The number of rotatable bonds is 4. The third-order valence-electron chi connectivity index (χ3n) is 3.91. The molecule has 1 aromatic heterocycles. The van der Waals surface area contributed by atoms with E-state index in [0.29, 0.717) is 17.8 Å². The zero-order valence-corrected chi connectivity index (χ0v) is 12.9. The molecular weight excluding hydrogens is 252 g/mol. The van der Waals surface area contributed by atoms with Crippen molar-refractivity contribution in [2.24, 2.45) is 5.84 Å². The van der Waals surface area contributed by atoms with Crippen LogP contribution < -0.4 is 16.2 Å². The lowest BCUT2D eigenvalue weighted by Crippen LogP contribution is -2.42. The van der Waals surface area contributed by atoms with Crippen molar-refractivity contribution < 1.29 is 0 Å². The second-order valence-electron chi connectivity index (χ2n) is 5.95. The number of hydrogen-bond acceptors (Lipinski definition) is 6. The number of nitrogens with one attached hydrogen (secondary N) is 1. The predicted octanol–water partition coefficient (Wildman–Crippen LogP) is 1.42. The lowest BCUT2D eigenvalue weighted by molar-refractivity contribution is 0.249. The molecule has 1 saturated heterocycles. The van der Waals surface area contributed by atoms with Crippen LogP contribution in [0.2, 0.25) is 0 Å². The van der Waals surface area contributed by atoms with Gasteiger partial charge in [0, 0.05) is 31.1 Å². The van der Waals surface area contributed by atoms with Gasteiger partial charge in [0.25, 0.3) is 0 Å². The van der Waals surface area contributed by atoms with Crippen LogP contribution in [0, 0.1) is 0 Å². The molecule has 0 saturated carbocycles. The van der Waals surface area contributed by atoms with E-state index in [9.17, 15) is 0 Å². The van der Waals surface area contributed by atoms with Crippen LogP contribution in [0.5, 0.6) is 0 Å². The standard InChI is InChI=1S/C14H26N6/c1-10(2)14-16-12(18-15)9-13(17-14)20-7-5-11(6-8-20)19(3)4/h9-11H,5-8,15H2,1-4H3,(H,16,17,18). The summed E-state index contributed by atoms with van der Waals surface area (Å²) >= 11 is 0. The SMILES string of the molecule is CC(C)c1nc(NN)cc(N2CCC(N(C)C)CC2)n1. The lowest BCUT2D eigenvalue weighted by atomic mass is 10.0. The van der Waals surface area contributed by atoms with Crippen molar-refractivity contribution >= 4 is 11.6 Å². The maximum absolute atomic E-state index is 5.51. The van der Waals surface area contributed by atoms with Crippen molar-refractivity contribution in [3.05, 3.63) is 11.9 Å². The van der Waals surface area contributed by atoms with Gasteiger partial charge < -0.3 is 15.2 Å². The van der Waals surface area contributed by atoms with Crippen molar-refractivity contribution in [3.8, 4) is 0 Å². The molecule has 6 heteroatoms.